The first-order valence-corrected chi connectivity index (χ1v) is 8.46. The molecule has 0 unspecified atom stereocenters. The minimum Gasteiger partial charge on any atom is -0.340 e. The summed E-state index contributed by atoms with van der Waals surface area (Å²) >= 11 is 1.26. The third kappa shape index (κ3) is 4.51. The summed E-state index contributed by atoms with van der Waals surface area (Å²) in [6.45, 7) is 7.53. The summed E-state index contributed by atoms with van der Waals surface area (Å²) in [7, 11) is 0. The topological polar surface area (TPSA) is 82.6 Å². The summed E-state index contributed by atoms with van der Waals surface area (Å²) in [5.74, 6) is -1.19. The maximum Gasteiger partial charge on any atom is 0.315 e. The maximum atomic E-state index is 12.3. The Bertz CT molecular complexity index is 580. The highest BCUT2D eigenvalue weighted by molar-refractivity contribution is 7.13. The standard InChI is InChI=1S/C15H22N4O3S/c1-15(2,3)13(22)19-7-4-6-18(8-9-19)12(21)11(20)17-14-16-5-10-23-14/h5,10H,4,6-9H2,1-3H3,(H,16,17,20). The number of hydrogen-bond acceptors (Lipinski definition) is 5. The van der Waals surface area contributed by atoms with E-state index in [0.29, 0.717) is 37.7 Å². The second-order valence-corrected chi connectivity index (χ2v) is 7.37. The van der Waals surface area contributed by atoms with E-state index in [9.17, 15) is 14.4 Å². The molecule has 1 N–H and O–H groups in total. The van der Waals surface area contributed by atoms with Gasteiger partial charge < -0.3 is 9.80 Å². The second-order valence-electron chi connectivity index (χ2n) is 6.48. The van der Waals surface area contributed by atoms with Gasteiger partial charge in [-0.15, -0.1) is 11.3 Å². The van der Waals surface area contributed by atoms with Crippen molar-refractivity contribution in [2.75, 3.05) is 31.5 Å². The number of amides is 3. The number of carbonyl (C=O) groups is 3. The van der Waals surface area contributed by atoms with Gasteiger partial charge in [-0.25, -0.2) is 4.98 Å². The first-order chi connectivity index (χ1) is 10.8. The smallest absolute Gasteiger partial charge is 0.315 e. The quantitative estimate of drug-likeness (QED) is 0.780. The number of aromatic nitrogens is 1. The van der Waals surface area contributed by atoms with Crippen LogP contribution in [0.25, 0.3) is 0 Å². The van der Waals surface area contributed by atoms with Gasteiger partial charge in [0.25, 0.3) is 0 Å². The number of carbonyl (C=O) groups excluding carboxylic acids is 3. The average Bonchev–Trinajstić information content (AvgIpc) is 2.86. The van der Waals surface area contributed by atoms with E-state index < -0.39 is 17.2 Å². The van der Waals surface area contributed by atoms with Crippen molar-refractivity contribution in [2.45, 2.75) is 27.2 Å². The molecule has 0 aromatic carbocycles. The lowest BCUT2D eigenvalue weighted by atomic mass is 9.94. The summed E-state index contributed by atoms with van der Waals surface area (Å²) in [6.07, 6.45) is 2.23. The van der Waals surface area contributed by atoms with Crippen LogP contribution >= 0.6 is 11.3 Å². The fourth-order valence-corrected chi connectivity index (χ4v) is 2.90. The monoisotopic (exact) mass is 338 g/mol. The molecule has 1 fully saturated rings. The zero-order valence-corrected chi connectivity index (χ0v) is 14.5. The Morgan fingerprint density at radius 2 is 1.78 bits per heavy atom. The van der Waals surface area contributed by atoms with Crippen LogP contribution in [0.15, 0.2) is 11.6 Å². The normalized spacial score (nSPS) is 16.0. The second kappa shape index (κ2) is 7.08. The summed E-state index contributed by atoms with van der Waals surface area (Å²) in [4.78, 5) is 43.7. The zero-order valence-electron chi connectivity index (χ0n) is 13.7. The molecule has 2 rings (SSSR count). The van der Waals surface area contributed by atoms with Gasteiger partial charge in [-0.05, 0) is 6.42 Å². The third-order valence-corrected chi connectivity index (χ3v) is 4.25. The molecule has 0 radical (unpaired) electrons. The van der Waals surface area contributed by atoms with Crippen molar-refractivity contribution >= 4 is 34.2 Å². The van der Waals surface area contributed by atoms with Crippen molar-refractivity contribution in [1.82, 2.24) is 14.8 Å². The van der Waals surface area contributed by atoms with Gasteiger partial charge in [0.15, 0.2) is 5.13 Å². The molecule has 7 nitrogen and oxygen atoms in total. The first kappa shape index (κ1) is 17.4. The van der Waals surface area contributed by atoms with E-state index >= 15 is 0 Å². The van der Waals surface area contributed by atoms with E-state index in [-0.39, 0.29) is 5.91 Å². The van der Waals surface area contributed by atoms with E-state index in [1.54, 1.807) is 16.5 Å². The van der Waals surface area contributed by atoms with Crippen molar-refractivity contribution in [3.05, 3.63) is 11.6 Å². The lowest BCUT2D eigenvalue weighted by molar-refractivity contribution is -0.143. The Morgan fingerprint density at radius 1 is 1.13 bits per heavy atom. The van der Waals surface area contributed by atoms with Crippen LogP contribution in [0.1, 0.15) is 27.2 Å². The van der Waals surface area contributed by atoms with Crippen LogP contribution in [-0.2, 0) is 14.4 Å². The van der Waals surface area contributed by atoms with Crippen LogP contribution in [-0.4, -0.2) is 58.7 Å². The fourth-order valence-electron chi connectivity index (χ4n) is 2.38. The molecule has 0 atom stereocenters. The van der Waals surface area contributed by atoms with E-state index in [0.717, 1.165) is 0 Å². The fraction of sp³-hybridized carbons (Fsp3) is 0.600. The van der Waals surface area contributed by atoms with Crippen LogP contribution in [0.5, 0.6) is 0 Å². The predicted molar refractivity (Wildman–Crippen MR) is 88.0 cm³/mol. The van der Waals surface area contributed by atoms with Crippen LogP contribution in [0, 0.1) is 5.41 Å². The van der Waals surface area contributed by atoms with E-state index in [1.165, 1.54) is 16.2 Å². The van der Waals surface area contributed by atoms with Crippen LogP contribution in [0.2, 0.25) is 0 Å². The molecule has 126 valence electrons. The Kier molecular flexibility index (Phi) is 5.35. The van der Waals surface area contributed by atoms with Gasteiger partial charge in [-0.2, -0.15) is 0 Å². The molecule has 1 aliphatic rings. The molecular formula is C15H22N4O3S. The van der Waals surface area contributed by atoms with Crippen molar-refractivity contribution < 1.29 is 14.4 Å². The average molecular weight is 338 g/mol. The highest BCUT2D eigenvalue weighted by Crippen LogP contribution is 2.19. The number of nitrogens with zero attached hydrogens (tertiary/aromatic N) is 3. The number of nitrogens with one attached hydrogen (secondary N) is 1. The molecule has 1 aromatic rings. The van der Waals surface area contributed by atoms with E-state index in [4.69, 9.17) is 0 Å². The largest absolute Gasteiger partial charge is 0.340 e. The van der Waals surface area contributed by atoms with Crippen molar-refractivity contribution in [3.8, 4) is 0 Å². The molecule has 23 heavy (non-hydrogen) atoms. The molecule has 0 aliphatic carbocycles. The first-order valence-electron chi connectivity index (χ1n) is 7.58. The van der Waals surface area contributed by atoms with Gasteiger partial charge in [0.1, 0.15) is 0 Å². The molecule has 3 amide bonds. The molecule has 8 heteroatoms. The summed E-state index contributed by atoms with van der Waals surface area (Å²) in [5, 5.41) is 4.62. The number of rotatable bonds is 1. The Balaban J connectivity index is 1.93. The lowest BCUT2D eigenvalue weighted by Gasteiger charge is -2.28. The summed E-state index contributed by atoms with van der Waals surface area (Å²) in [6, 6.07) is 0. The molecule has 0 saturated carbocycles. The lowest BCUT2D eigenvalue weighted by Crippen LogP contribution is -2.44. The van der Waals surface area contributed by atoms with E-state index in [2.05, 4.69) is 10.3 Å². The van der Waals surface area contributed by atoms with Gasteiger partial charge >= 0.3 is 11.8 Å². The van der Waals surface area contributed by atoms with Gasteiger partial charge in [0.05, 0.1) is 0 Å². The van der Waals surface area contributed by atoms with Gasteiger partial charge in [0.2, 0.25) is 5.91 Å². The van der Waals surface area contributed by atoms with Crippen LogP contribution in [0.3, 0.4) is 0 Å². The molecule has 2 heterocycles. The molecule has 0 spiro atoms. The molecule has 1 saturated heterocycles. The molecular weight excluding hydrogens is 316 g/mol. The highest BCUT2D eigenvalue weighted by Gasteiger charge is 2.30. The van der Waals surface area contributed by atoms with Crippen molar-refractivity contribution in [3.63, 3.8) is 0 Å². The van der Waals surface area contributed by atoms with Gasteiger partial charge in [-0.1, -0.05) is 20.8 Å². The summed E-state index contributed by atoms with van der Waals surface area (Å²) in [5.41, 5.74) is -0.443. The highest BCUT2D eigenvalue weighted by atomic mass is 32.1. The molecule has 1 aromatic heterocycles. The van der Waals surface area contributed by atoms with Crippen LogP contribution < -0.4 is 5.32 Å². The summed E-state index contributed by atoms with van der Waals surface area (Å²) < 4.78 is 0. The van der Waals surface area contributed by atoms with Gasteiger partial charge in [0, 0.05) is 43.2 Å². The predicted octanol–water partition coefficient (Wildman–Crippen LogP) is 1.19. The molecule has 1 aliphatic heterocycles. The van der Waals surface area contributed by atoms with Crippen LogP contribution in [0.4, 0.5) is 5.13 Å². The van der Waals surface area contributed by atoms with Gasteiger partial charge in [-0.3, -0.25) is 19.7 Å². The Hall–Kier alpha value is -1.96. The minimum atomic E-state index is -0.685. The van der Waals surface area contributed by atoms with Crippen molar-refractivity contribution in [1.29, 1.82) is 0 Å². The number of hydrogen-bond donors (Lipinski definition) is 1. The third-order valence-electron chi connectivity index (χ3n) is 3.56. The Labute approximate surface area is 139 Å². The number of thiazole rings is 1. The SMILES string of the molecule is CC(C)(C)C(=O)N1CCCN(C(=O)C(=O)Nc2nccs2)CC1. The van der Waals surface area contributed by atoms with Crippen molar-refractivity contribution in [2.24, 2.45) is 5.41 Å². The minimum absolute atomic E-state index is 0.0686. The molecule has 0 bridgehead atoms. The zero-order chi connectivity index (χ0) is 17.0. The number of anilines is 1. The van der Waals surface area contributed by atoms with E-state index in [1.807, 2.05) is 20.8 Å². The Morgan fingerprint density at radius 3 is 2.39 bits per heavy atom. The maximum absolute atomic E-state index is 12.3.